The number of hydrogen-bond donors (Lipinski definition) is 8. The Labute approximate surface area is 462 Å². The maximum Gasteiger partial charge on any atom is 0.249 e. The summed E-state index contributed by atoms with van der Waals surface area (Å²) in [6.45, 7) is 3.50. The smallest absolute Gasteiger partial charge is 0.249 e. The Hall–Kier alpha value is -1.15. The van der Waals surface area contributed by atoms with E-state index in [0.29, 0.717) is 19.3 Å². The number of allylic oxidation sites excluding steroid dienone is 2. The molecule has 9 atom stereocenters. The highest BCUT2D eigenvalue weighted by Crippen LogP contribution is 2.24. The van der Waals surface area contributed by atoms with Crippen molar-refractivity contribution in [2.24, 2.45) is 0 Å². The van der Waals surface area contributed by atoms with Crippen LogP contribution in [0.25, 0.3) is 0 Å². The number of nitrogens with one attached hydrogen (secondary N) is 1. The molecule has 11 heteroatoms. The van der Waals surface area contributed by atoms with E-state index < -0.39 is 74.2 Å². The molecule has 1 heterocycles. The van der Waals surface area contributed by atoms with Crippen molar-refractivity contribution in [3.8, 4) is 0 Å². The number of aliphatic hydroxyl groups excluding tert-OH is 7. The molecule has 11 nitrogen and oxygen atoms in total. The number of ether oxygens (including phenoxy) is 2. The minimum Gasteiger partial charge on any atom is -0.394 e. The number of amides is 1. The summed E-state index contributed by atoms with van der Waals surface area (Å²) in [5.74, 6) is -0.690. The molecule has 0 aromatic heterocycles. The Morgan fingerprint density at radius 1 is 0.453 bits per heavy atom. The molecule has 0 aromatic carbocycles. The molecule has 446 valence electrons. The highest BCUT2D eigenvalue weighted by Gasteiger charge is 2.44. The standard InChI is InChI=1S/C64H125NO10/c1-3-5-7-9-11-13-15-17-19-21-22-23-24-25-26-27-28-29-30-31-32-33-34-36-38-40-42-44-46-48-50-52-57(68)63(73)65-55(54-74-64-62(72)61(71)60(70)58(53-66)75-64)59(69)56(67)51-49-47-45-43-41-39-37-35-20-18-16-14-12-10-8-6-4-2/h25-26,55-62,64,66-72H,3-24,27-54H2,1-2H3,(H,65,73)/b26-25-. The first-order valence-corrected chi connectivity index (χ1v) is 32.6. The quantitative estimate of drug-likeness (QED) is 0.0215. The maximum absolute atomic E-state index is 13.2. The van der Waals surface area contributed by atoms with Crippen LogP contribution in [-0.4, -0.2) is 110 Å². The van der Waals surface area contributed by atoms with Gasteiger partial charge in [0.05, 0.1) is 25.4 Å². The number of aliphatic hydroxyl groups is 7. The second-order valence-electron chi connectivity index (χ2n) is 23.2. The second kappa shape index (κ2) is 53.5. The average molecular weight is 1070 g/mol. The van der Waals surface area contributed by atoms with Crippen LogP contribution in [0.1, 0.15) is 322 Å². The Kier molecular flexibility index (Phi) is 51.3. The zero-order valence-electron chi connectivity index (χ0n) is 49.1. The van der Waals surface area contributed by atoms with Crippen molar-refractivity contribution >= 4 is 5.91 Å². The fourth-order valence-electron chi connectivity index (χ4n) is 10.8. The first-order valence-electron chi connectivity index (χ1n) is 32.6. The zero-order valence-corrected chi connectivity index (χ0v) is 49.1. The Bertz CT molecular complexity index is 1220. The van der Waals surface area contributed by atoms with Gasteiger partial charge in [-0.1, -0.05) is 296 Å². The van der Waals surface area contributed by atoms with Crippen molar-refractivity contribution in [3.05, 3.63) is 12.2 Å². The summed E-state index contributed by atoms with van der Waals surface area (Å²) in [7, 11) is 0. The summed E-state index contributed by atoms with van der Waals surface area (Å²) in [6.07, 6.45) is 52.8. The minimum absolute atomic E-state index is 0.264. The topological polar surface area (TPSA) is 189 Å². The maximum atomic E-state index is 13.2. The third-order valence-corrected chi connectivity index (χ3v) is 16.1. The van der Waals surface area contributed by atoms with Crippen LogP contribution in [0.2, 0.25) is 0 Å². The second-order valence-corrected chi connectivity index (χ2v) is 23.2. The minimum atomic E-state index is -1.66. The van der Waals surface area contributed by atoms with Crippen LogP contribution in [0.5, 0.6) is 0 Å². The van der Waals surface area contributed by atoms with Crippen molar-refractivity contribution in [2.45, 2.75) is 377 Å². The molecule has 9 unspecified atom stereocenters. The van der Waals surface area contributed by atoms with Crippen LogP contribution in [0.4, 0.5) is 0 Å². The first kappa shape index (κ1) is 71.9. The molecular weight excluding hydrogens is 943 g/mol. The van der Waals surface area contributed by atoms with Crippen molar-refractivity contribution in [2.75, 3.05) is 13.2 Å². The normalized spacial score (nSPS) is 19.7. The van der Waals surface area contributed by atoms with E-state index in [4.69, 9.17) is 9.47 Å². The van der Waals surface area contributed by atoms with Crippen molar-refractivity contribution in [1.29, 1.82) is 0 Å². The molecule has 1 aliphatic heterocycles. The molecule has 75 heavy (non-hydrogen) atoms. The molecule has 0 saturated carbocycles. The molecule has 1 saturated heterocycles. The molecule has 0 radical (unpaired) electrons. The van der Waals surface area contributed by atoms with Gasteiger partial charge < -0.3 is 50.5 Å². The number of unbranched alkanes of at least 4 members (excludes halogenated alkanes) is 43. The molecule has 1 aliphatic rings. The Morgan fingerprint density at radius 2 is 0.773 bits per heavy atom. The van der Waals surface area contributed by atoms with Gasteiger partial charge in [-0.2, -0.15) is 0 Å². The lowest BCUT2D eigenvalue weighted by atomic mass is 9.98. The van der Waals surface area contributed by atoms with E-state index in [1.54, 1.807) is 0 Å². The highest BCUT2D eigenvalue weighted by atomic mass is 16.7. The first-order chi connectivity index (χ1) is 36.7. The average Bonchev–Trinajstić information content (AvgIpc) is 3.41. The van der Waals surface area contributed by atoms with E-state index in [-0.39, 0.29) is 6.42 Å². The van der Waals surface area contributed by atoms with Crippen LogP contribution in [0.3, 0.4) is 0 Å². The number of carbonyl (C=O) groups excluding carboxylic acids is 1. The lowest BCUT2D eigenvalue weighted by molar-refractivity contribution is -0.303. The molecule has 0 aliphatic carbocycles. The monoisotopic (exact) mass is 1070 g/mol. The summed E-state index contributed by atoms with van der Waals surface area (Å²) < 4.78 is 11.2. The Balaban J connectivity index is 2.19. The van der Waals surface area contributed by atoms with E-state index in [2.05, 4.69) is 31.3 Å². The van der Waals surface area contributed by atoms with Gasteiger partial charge in [0.25, 0.3) is 0 Å². The highest BCUT2D eigenvalue weighted by molar-refractivity contribution is 5.80. The molecule has 0 aromatic rings. The number of rotatable bonds is 57. The van der Waals surface area contributed by atoms with Crippen LogP contribution in [0, 0.1) is 0 Å². The van der Waals surface area contributed by atoms with Gasteiger partial charge in [0, 0.05) is 0 Å². The van der Waals surface area contributed by atoms with E-state index in [1.165, 1.54) is 244 Å². The predicted octanol–water partition coefficient (Wildman–Crippen LogP) is 14.7. The largest absolute Gasteiger partial charge is 0.394 e. The van der Waals surface area contributed by atoms with Gasteiger partial charge in [0.1, 0.15) is 36.6 Å². The summed E-state index contributed by atoms with van der Waals surface area (Å²) >= 11 is 0. The van der Waals surface area contributed by atoms with Gasteiger partial charge in [-0.15, -0.1) is 0 Å². The van der Waals surface area contributed by atoms with Gasteiger partial charge in [0.2, 0.25) is 5.91 Å². The van der Waals surface area contributed by atoms with E-state index in [9.17, 15) is 40.5 Å². The third-order valence-electron chi connectivity index (χ3n) is 16.1. The summed E-state index contributed by atoms with van der Waals surface area (Å²) in [4.78, 5) is 13.2. The number of carbonyl (C=O) groups is 1. The van der Waals surface area contributed by atoms with Crippen LogP contribution >= 0.6 is 0 Å². The van der Waals surface area contributed by atoms with Gasteiger partial charge in [0.15, 0.2) is 6.29 Å². The van der Waals surface area contributed by atoms with Gasteiger partial charge >= 0.3 is 0 Å². The summed E-state index contributed by atoms with van der Waals surface area (Å²) in [6, 6.07) is -1.17. The van der Waals surface area contributed by atoms with Crippen LogP contribution in [-0.2, 0) is 14.3 Å². The third kappa shape index (κ3) is 41.5. The zero-order chi connectivity index (χ0) is 54.7. The molecule has 1 amide bonds. The van der Waals surface area contributed by atoms with E-state index in [0.717, 1.165) is 38.5 Å². The summed E-state index contributed by atoms with van der Waals surface area (Å²) in [5, 5.41) is 76.3. The molecule has 1 rings (SSSR count). The molecule has 1 fully saturated rings. The van der Waals surface area contributed by atoms with Gasteiger partial charge in [-0.25, -0.2) is 0 Å². The Morgan fingerprint density at radius 3 is 1.12 bits per heavy atom. The van der Waals surface area contributed by atoms with Gasteiger partial charge in [-0.3, -0.25) is 4.79 Å². The fourth-order valence-corrected chi connectivity index (χ4v) is 10.8. The SMILES string of the molecule is CCCCCCCCCCCCCC/C=C\CCCCCCCCCCCCCCCCCC(O)C(=O)NC(COC1OC(CO)C(O)C(O)C1O)C(O)C(O)CCCCCCCCCCCCCCCCCCC. The lowest BCUT2D eigenvalue weighted by Gasteiger charge is -2.40. The lowest BCUT2D eigenvalue weighted by Crippen LogP contribution is -2.60. The molecule has 8 N–H and O–H groups in total. The fraction of sp³-hybridized carbons (Fsp3) is 0.953. The molecule has 0 bridgehead atoms. The van der Waals surface area contributed by atoms with Crippen LogP contribution < -0.4 is 5.32 Å². The summed E-state index contributed by atoms with van der Waals surface area (Å²) in [5.41, 5.74) is 0. The van der Waals surface area contributed by atoms with Gasteiger partial charge in [-0.05, 0) is 38.5 Å². The predicted molar refractivity (Wildman–Crippen MR) is 312 cm³/mol. The molecular formula is C64H125NO10. The van der Waals surface area contributed by atoms with Crippen molar-refractivity contribution in [1.82, 2.24) is 5.32 Å². The van der Waals surface area contributed by atoms with E-state index >= 15 is 0 Å². The number of hydrogen-bond acceptors (Lipinski definition) is 10. The molecule has 0 spiro atoms. The van der Waals surface area contributed by atoms with Crippen LogP contribution in [0.15, 0.2) is 12.2 Å². The van der Waals surface area contributed by atoms with Crippen molar-refractivity contribution < 1.29 is 50.0 Å². The van der Waals surface area contributed by atoms with E-state index in [1.807, 2.05) is 0 Å². The van der Waals surface area contributed by atoms with Crippen molar-refractivity contribution in [3.63, 3.8) is 0 Å².